The molecule has 0 fully saturated rings. The highest BCUT2D eigenvalue weighted by Crippen LogP contribution is 1.76. The molecule has 0 aromatic carbocycles. The third-order valence-electron chi connectivity index (χ3n) is 0.783. The summed E-state index contributed by atoms with van der Waals surface area (Å²) < 4.78 is 4.34. The van der Waals surface area contributed by atoms with E-state index in [1.54, 1.807) is 0 Å². The molecule has 0 aromatic rings. The summed E-state index contributed by atoms with van der Waals surface area (Å²) in [7, 11) is 1.33. The Kier molecular flexibility index (Phi) is 5.17. The van der Waals surface area contributed by atoms with Gasteiger partial charge in [0.05, 0.1) is 7.11 Å². The van der Waals surface area contributed by atoms with E-state index in [4.69, 9.17) is 0 Å². The molecule has 2 nitrogen and oxygen atoms in total. The Labute approximate surface area is 60.9 Å². The molecule has 0 aromatic heterocycles. The number of carbonyl (C=O) groups excluding carboxylic acids is 1. The molecule has 0 amide bonds. The number of rotatable bonds is 1. The zero-order valence-electron chi connectivity index (χ0n) is 6.18. The lowest BCUT2D eigenvalue weighted by Crippen LogP contribution is -1.92. The lowest BCUT2D eigenvalue weighted by atomic mass is 10.4. The molecule has 0 rings (SSSR count). The first kappa shape index (κ1) is 8.77. The Morgan fingerprint density at radius 3 is 2.90 bits per heavy atom. The highest BCUT2D eigenvalue weighted by Gasteiger charge is 1.85. The zero-order valence-corrected chi connectivity index (χ0v) is 6.18. The van der Waals surface area contributed by atoms with Gasteiger partial charge in [0.1, 0.15) is 0 Å². The summed E-state index contributed by atoms with van der Waals surface area (Å²) in [5.41, 5.74) is 0. The number of hydrogen-bond acceptors (Lipinski definition) is 2. The number of hydrogen-bond donors (Lipinski definition) is 0. The van der Waals surface area contributed by atoms with Crippen molar-refractivity contribution in [3.05, 3.63) is 12.2 Å². The van der Waals surface area contributed by atoms with E-state index in [0.717, 1.165) is 6.42 Å². The number of ether oxygens (including phenoxy) is 1. The minimum Gasteiger partial charge on any atom is -0.466 e. The van der Waals surface area contributed by atoms with Crippen LogP contribution in [0.3, 0.4) is 0 Å². The predicted octanol–water partition coefficient (Wildman–Crippen LogP) is 1.13. The van der Waals surface area contributed by atoms with E-state index in [2.05, 4.69) is 16.6 Å². The maximum absolute atomic E-state index is 10.4. The third kappa shape index (κ3) is 4.92. The van der Waals surface area contributed by atoms with Crippen molar-refractivity contribution >= 4 is 5.97 Å². The fourth-order valence-corrected chi connectivity index (χ4v) is 0.339. The van der Waals surface area contributed by atoms with Crippen molar-refractivity contribution in [1.29, 1.82) is 0 Å². The maximum atomic E-state index is 10.4. The first-order chi connectivity index (χ1) is 4.81. The molecule has 0 radical (unpaired) electrons. The quantitative estimate of drug-likeness (QED) is 0.308. The van der Waals surface area contributed by atoms with E-state index in [1.165, 1.54) is 19.3 Å². The highest BCUT2D eigenvalue weighted by molar-refractivity contribution is 5.82. The highest BCUT2D eigenvalue weighted by atomic mass is 16.5. The monoisotopic (exact) mass is 138 g/mol. The normalized spacial score (nSPS) is 8.60. The molecule has 0 heterocycles. The Morgan fingerprint density at radius 1 is 1.70 bits per heavy atom. The number of carbonyl (C=O) groups is 1. The fraction of sp³-hybridized carbons (Fsp3) is 0.375. The Hall–Kier alpha value is -1.23. The molecular formula is C8H10O2. The largest absolute Gasteiger partial charge is 0.466 e. The van der Waals surface area contributed by atoms with Gasteiger partial charge >= 0.3 is 5.97 Å². The summed E-state index contributed by atoms with van der Waals surface area (Å²) in [6, 6.07) is 0. The van der Waals surface area contributed by atoms with E-state index >= 15 is 0 Å². The molecule has 0 bridgehead atoms. The molecule has 54 valence electrons. The van der Waals surface area contributed by atoms with Crippen LogP contribution in [0.15, 0.2) is 12.2 Å². The van der Waals surface area contributed by atoms with Crippen LogP contribution in [-0.2, 0) is 9.53 Å². The first-order valence-corrected chi connectivity index (χ1v) is 3.04. The van der Waals surface area contributed by atoms with Gasteiger partial charge in [-0.15, -0.1) is 0 Å². The third-order valence-corrected chi connectivity index (χ3v) is 0.783. The van der Waals surface area contributed by atoms with Gasteiger partial charge in [0.2, 0.25) is 0 Å². The van der Waals surface area contributed by atoms with Crippen molar-refractivity contribution in [3.63, 3.8) is 0 Å². The Morgan fingerprint density at radius 2 is 2.40 bits per heavy atom. The van der Waals surface area contributed by atoms with E-state index < -0.39 is 0 Å². The molecule has 0 aliphatic heterocycles. The van der Waals surface area contributed by atoms with Gasteiger partial charge in [0.15, 0.2) is 0 Å². The van der Waals surface area contributed by atoms with Crippen molar-refractivity contribution in [2.45, 2.75) is 13.3 Å². The van der Waals surface area contributed by atoms with Crippen LogP contribution < -0.4 is 0 Å². The number of methoxy groups -OCH3 is 1. The molecule has 0 spiro atoms. The van der Waals surface area contributed by atoms with Gasteiger partial charge in [0.25, 0.3) is 0 Å². The fourth-order valence-electron chi connectivity index (χ4n) is 0.339. The summed E-state index contributed by atoms with van der Waals surface area (Å²) in [6.07, 6.45) is 3.57. The summed E-state index contributed by atoms with van der Waals surface area (Å²) in [5.74, 6) is 5.08. The SMILES string of the molecule is CCC#C/C=C/C(=O)OC. The molecule has 10 heavy (non-hydrogen) atoms. The topological polar surface area (TPSA) is 26.3 Å². The molecule has 0 aliphatic rings. The van der Waals surface area contributed by atoms with Crippen molar-refractivity contribution in [2.24, 2.45) is 0 Å². The molecular weight excluding hydrogens is 128 g/mol. The minimum absolute atomic E-state index is 0.370. The van der Waals surface area contributed by atoms with E-state index in [0.29, 0.717) is 0 Å². The Bertz CT molecular complexity index is 181. The van der Waals surface area contributed by atoms with Gasteiger partial charge in [-0.25, -0.2) is 4.79 Å². The van der Waals surface area contributed by atoms with Crippen LogP contribution in [0.4, 0.5) is 0 Å². The van der Waals surface area contributed by atoms with Crippen LogP contribution in [0.1, 0.15) is 13.3 Å². The van der Waals surface area contributed by atoms with Crippen LogP contribution in [-0.4, -0.2) is 13.1 Å². The molecule has 0 unspecified atom stereocenters. The second kappa shape index (κ2) is 5.90. The van der Waals surface area contributed by atoms with Crippen molar-refractivity contribution < 1.29 is 9.53 Å². The van der Waals surface area contributed by atoms with Gasteiger partial charge in [0, 0.05) is 12.5 Å². The van der Waals surface area contributed by atoms with Gasteiger partial charge < -0.3 is 4.74 Å². The lowest BCUT2D eigenvalue weighted by molar-refractivity contribution is -0.134. The summed E-state index contributed by atoms with van der Waals surface area (Å²) in [6.45, 7) is 1.94. The number of esters is 1. The van der Waals surface area contributed by atoms with Crippen LogP contribution in [0.5, 0.6) is 0 Å². The molecule has 0 saturated carbocycles. The Balaban J connectivity index is 3.65. The van der Waals surface area contributed by atoms with Crippen LogP contribution in [0.25, 0.3) is 0 Å². The van der Waals surface area contributed by atoms with Gasteiger partial charge in [-0.3, -0.25) is 0 Å². The van der Waals surface area contributed by atoms with Crippen molar-refractivity contribution in [1.82, 2.24) is 0 Å². The van der Waals surface area contributed by atoms with Gasteiger partial charge in [-0.1, -0.05) is 18.8 Å². The standard InChI is InChI=1S/C8H10O2/c1-3-4-5-6-7-8(9)10-2/h6-7H,3H2,1-2H3/b7-6+. The van der Waals surface area contributed by atoms with E-state index in [1.807, 2.05) is 6.92 Å². The van der Waals surface area contributed by atoms with Crippen LogP contribution in [0.2, 0.25) is 0 Å². The minimum atomic E-state index is -0.370. The van der Waals surface area contributed by atoms with Crippen LogP contribution >= 0.6 is 0 Å². The first-order valence-electron chi connectivity index (χ1n) is 3.04. The summed E-state index contributed by atoms with van der Waals surface area (Å²) >= 11 is 0. The average Bonchev–Trinajstić information content (AvgIpc) is 1.98. The zero-order chi connectivity index (χ0) is 7.82. The van der Waals surface area contributed by atoms with Crippen LogP contribution in [0, 0.1) is 11.8 Å². The predicted molar refractivity (Wildman–Crippen MR) is 39.2 cm³/mol. The molecule has 0 N–H and O–H groups in total. The van der Waals surface area contributed by atoms with Gasteiger partial charge in [-0.2, -0.15) is 0 Å². The van der Waals surface area contributed by atoms with Gasteiger partial charge in [-0.05, 0) is 6.08 Å². The average molecular weight is 138 g/mol. The number of allylic oxidation sites excluding steroid dienone is 1. The second-order valence-electron chi connectivity index (χ2n) is 1.53. The maximum Gasteiger partial charge on any atom is 0.331 e. The molecule has 2 heteroatoms. The molecule has 0 atom stereocenters. The second-order valence-corrected chi connectivity index (χ2v) is 1.53. The van der Waals surface area contributed by atoms with Crippen molar-refractivity contribution in [2.75, 3.05) is 7.11 Å². The van der Waals surface area contributed by atoms with E-state index in [9.17, 15) is 4.79 Å². The van der Waals surface area contributed by atoms with E-state index in [-0.39, 0.29) is 5.97 Å². The lowest BCUT2D eigenvalue weighted by Gasteiger charge is -1.84. The molecule has 0 aliphatic carbocycles. The summed E-state index contributed by atoms with van der Waals surface area (Å²) in [4.78, 5) is 10.4. The summed E-state index contributed by atoms with van der Waals surface area (Å²) in [5, 5.41) is 0. The smallest absolute Gasteiger partial charge is 0.331 e. The molecule has 0 saturated heterocycles. The van der Waals surface area contributed by atoms with Crippen molar-refractivity contribution in [3.8, 4) is 11.8 Å².